The number of carbonyl (C=O) groups excluding carboxylic acids is 1. The van der Waals surface area contributed by atoms with Gasteiger partial charge >= 0.3 is 6.03 Å². The van der Waals surface area contributed by atoms with Crippen molar-refractivity contribution in [1.29, 1.82) is 5.26 Å². The molecule has 0 N–H and O–H groups in total. The molecule has 1 aromatic heterocycles. The standard InChI is InChI=1S/C12H16N6O/c1-2-16-4-3-12(7-16)10(5-13)6-17(12)11(19)18-9-14-8-15-18/h8-10H,2-4,6-7H2,1H3. The molecule has 2 saturated heterocycles. The van der Waals surface area contributed by atoms with Crippen LogP contribution in [0.15, 0.2) is 12.7 Å². The molecule has 19 heavy (non-hydrogen) atoms. The second-order valence-corrected chi connectivity index (χ2v) is 5.14. The second kappa shape index (κ2) is 4.31. The Bertz CT molecular complexity index is 521. The van der Waals surface area contributed by atoms with Gasteiger partial charge in [-0.3, -0.25) is 0 Å². The molecule has 0 saturated carbocycles. The Morgan fingerprint density at radius 1 is 1.63 bits per heavy atom. The molecule has 7 heteroatoms. The summed E-state index contributed by atoms with van der Waals surface area (Å²) in [5.41, 5.74) is -0.326. The summed E-state index contributed by atoms with van der Waals surface area (Å²) in [4.78, 5) is 20.2. The van der Waals surface area contributed by atoms with Crippen molar-refractivity contribution in [3.8, 4) is 6.07 Å². The number of amides is 1. The molecule has 3 rings (SSSR count). The van der Waals surface area contributed by atoms with Gasteiger partial charge in [0.25, 0.3) is 0 Å². The summed E-state index contributed by atoms with van der Waals surface area (Å²) in [6.07, 6.45) is 3.61. The fourth-order valence-corrected chi connectivity index (χ4v) is 3.14. The maximum absolute atomic E-state index is 12.4. The molecule has 100 valence electrons. The Balaban J connectivity index is 1.84. The predicted octanol–water partition coefficient (Wildman–Crippen LogP) is 0.166. The fourth-order valence-electron chi connectivity index (χ4n) is 3.14. The Labute approximate surface area is 111 Å². The monoisotopic (exact) mass is 260 g/mol. The molecule has 2 aliphatic heterocycles. The summed E-state index contributed by atoms with van der Waals surface area (Å²) in [5.74, 6) is -0.0727. The number of likely N-dealkylation sites (tertiary alicyclic amines) is 2. The van der Waals surface area contributed by atoms with Crippen molar-refractivity contribution in [1.82, 2.24) is 24.6 Å². The van der Waals surface area contributed by atoms with E-state index in [0.29, 0.717) is 6.54 Å². The highest BCUT2D eigenvalue weighted by molar-refractivity contribution is 5.78. The molecule has 7 nitrogen and oxygen atoms in total. The van der Waals surface area contributed by atoms with Crippen molar-refractivity contribution in [3.63, 3.8) is 0 Å². The number of nitriles is 1. The number of carbonyl (C=O) groups is 1. The largest absolute Gasteiger partial charge is 0.346 e. The summed E-state index contributed by atoms with van der Waals surface area (Å²) in [7, 11) is 0. The first-order chi connectivity index (χ1) is 9.21. The van der Waals surface area contributed by atoms with Gasteiger partial charge in [-0.25, -0.2) is 9.78 Å². The van der Waals surface area contributed by atoms with Gasteiger partial charge in [-0.2, -0.15) is 15.0 Å². The molecule has 0 aromatic carbocycles. The molecule has 2 atom stereocenters. The highest BCUT2D eigenvalue weighted by atomic mass is 16.2. The number of aromatic nitrogens is 3. The zero-order valence-electron chi connectivity index (χ0n) is 10.9. The van der Waals surface area contributed by atoms with Gasteiger partial charge in [0.15, 0.2) is 0 Å². The van der Waals surface area contributed by atoms with Crippen LogP contribution in [0.4, 0.5) is 4.79 Å². The minimum Gasteiger partial charge on any atom is -0.313 e. The molecule has 2 unspecified atom stereocenters. The van der Waals surface area contributed by atoms with E-state index < -0.39 is 0 Å². The smallest absolute Gasteiger partial charge is 0.313 e. The average molecular weight is 260 g/mol. The van der Waals surface area contributed by atoms with Gasteiger partial charge in [-0.1, -0.05) is 6.92 Å². The van der Waals surface area contributed by atoms with Crippen molar-refractivity contribution < 1.29 is 4.79 Å². The van der Waals surface area contributed by atoms with Crippen LogP contribution in [0.3, 0.4) is 0 Å². The van der Waals surface area contributed by atoms with Gasteiger partial charge in [0, 0.05) is 19.6 Å². The zero-order chi connectivity index (χ0) is 13.5. The van der Waals surface area contributed by atoms with E-state index in [2.05, 4.69) is 28.0 Å². The summed E-state index contributed by atoms with van der Waals surface area (Å²) < 4.78 is 1.24. The number of hydrogen-bond donors (Lipinski definition) is 0. The lowest BCUT2D eigenvalue weighted by atomic mass is 9.74. The molecule has 0 bridgehead atoms. The van der Waals surface area contributed by atoms with Crippen LogP contribution in [-0.2, 0) is 0 Å². The molecule has 1 spiro atoms. The Kier molecular flexibility index (Phi) is 2.75. The normalized spacial score (nSPS) is 30.3. The number of nitrogens with zero attached hydrogens (tertiary/aromatic N) is 6. The highest BCUT2D eigenvalue weighted by Crippen LogP contribution is 2.43. The molecule has 1 aromatic rings. The van der Waals surface area contributed by atoms with Crippen LogP contribution in [0.25, 0.3) is 0 Å². The van der Waals surface area contributed by atoms with Gasteiger partial charge in [0.2, 0.25) is 0 Å². The second-order valence-electron chi connectivity index (χ2n) is 5.14. The van der Waals surface area contributed by atoms with E-state index in [1.54, 1.807) is 4.90 Å². The summed E-state index contributed by atoms with van der Waals surface area (Å²) >= 11 is 0. The third kappa shape index (κ3) is 1.64. The van der Waals surface area contributed by atoms with E-state index in [0.717, 1.165) is 26.1 Å². The lowest BCUT2D eigenvalue weighted by molar-refractivity contribution is -0.00988. The van der Waals surface area contributed by atoms with Gasteiger partial charge < -0.3 is 9.80 Å². The average Bonchev–Trinajstić information content (AvgIpc) is 3.08. The molecule has 1 amide bonds. The van der Waals surface area contributed by atoms with Gasteiger partial charge in [-0.05, 0) is 13.0 Å². The lowest BCUT2D eigenvalue weighted by Crippen LogP contribution is -2.70. The highest BCUT2D eigenvalue weighted by Gasteiger charge is 2.59. The minimum atomic E-state index is -0.326. The Morgan fingerprint density at radius 3 is 3.05 bits per heavy atom. The maximum Gasteiger partial charge on any atom is 0.346 e. The topological polar surface area (TPSA) is 78.0 Å². The molecule has 2 fully saturated rings. The fraction of sp³-hybridized carbons (Fsp3) is 0.667. The molecule has 0 aliphatic carbocycles. The SMILES string of the molecule is CCN1CCC2(C1)C(C#N)CN2C(=O)n1cncn1. The van der Waals surface area contributed by atoms with Crippen LogP contribution in [-0.4, -0.2) is 62.3 Å². The summed E-state index contributed by atoms with van der Waals surface area (Å²) in [6.45, 7) is 5.26. The maximum atomic E-state index is 12.4. The van der Waals surface area contributed by atoms with Crippen molar-refractivity contribution in [2.24, 2.45) is 5.92 Å². The quantitative estimate of drug-likeness (QED) is 0.719. The Hall–Kier alpha value is -1.94. The van der Waals surface area contributed by atoms with Crippen molar-refractivity contribution in [2.75, 3.05) is 26.2 Å². The lowest BCUT2D eigenvalue weighted by Gasteiger charge is -2.53. The molecule has 0 radical (unpaired) electrons. The van der Waals surface area contributed by atoms with Gasteiger partial charge in [-0.15, -0.1) is 0 Å². The third-order valence-electron chi connectivity index (χ3n) is 4.36. The number of likely N-dealkylation sites (N-methyl/N-ethyl adjacent to an activating group) is 1. The van der Waals surface area contributed by atoms with Crippen LogP contribution in [0.1, 0.15) is 13.3 Å². The molecular weight excluding hydrogens is 244 g/mol. The molecular formula is C12H16N6O. The first-order valence-electron chi connectivity index (χ1n) is 6.50. The number of rotatable bonds is 1. The summed E-state index contributed by atoms with van der Waals surface area (Å²) in [5, 5.41) is 13.1. The van der Waals surface area contributed by atoms with Crippen LogP contribution < -0.4 is 0 Å². The van der Waals surface area contributed by atoms with Crippen LogP contribution in [0.2, 0.25) is 0 Å². The first kappa shape index (κ1) is 12.1. The zero-order valence-corrected chi connectivity index (χ0v) is 10.9. The van der Waals surface area contributed by atoms with E-state index in [-0.39, 0.29) is 17.5 Å². The minimum absolute atomic E-state index is 0.0727. The van der Waals surface area contributed by atoms with E-state index in [1.165, 1.54) is 17.3 Å². The first-order valence-corrected chi connectivity index (χ1v) is 6.50. The van der Waals surface area contributed by atoms with Crippen LogP contribution in [0.5, 0.6) is 0 Å². The molecule has 2 aliphatic rings. The van der Waals surface area contributed by atoms with Crippen LogP contribution >= 0.6 is 0 Å². The van der Waals surface area contributed by atoms with Gasteiger partial charge in [0.05, 0.1) is 17.5 Å². The van der Waals surface area contributed by atoms with E-state index in [4.69, 9.17) is 0 Å². The van der Waals surface area contributed by atoms with Gasteiger partial charge in [0.1, 0.15) is 12.7 Å². The predicted molar refractivity (Wildman–Crippen MR) is 66.1 cm³/mol. The molecule has 3 heterocycles. The van der Waals surface area contributed by atoms with E-state index in [9.17, 15) is 10.1 Å². The summed E-state index contributed by atoms with van der Waals surface area (Å²) in [6, 6.07) is 2.16. The third-order valence-corrected chi connectivity index (χ3v) is 4.36. The van der Waals surface area contributed by atoms with E-state index in [1.807, 2.05) is 0 Å². The number of hydrogen-bond acceptors (Lipinski definition) is 5. The van der Waals surface area contributed by atoms with Crippen molar-refractivity contribution >= 4 is 6.03 Å². The van der Waals surface area contributed by atoms with Crippen molar-refractivity contribution in [3.05, 3.63) is 12.7 Å². The van der Waals surface area contributed by atoms with Crippen LogP contribution in [0, 0.1) is 17.2 Å². The Morgan fingerprint density at radius 2 is 2.47 bits per heavy atom. The van der Waals surface area contributed by atoms with E-state index >= 15 is 0 Å². The van der Waals surface area contributed by atoms with Crippen molar-refractivity contribution in [2.45, 2.75) is 18.9 Å².